The van der Waals surface area contributed by atoms with Crippen LogP contribution in [0.2, 0.25) is 0 Å². The molecule has 3 rings (SSSR count). The third kappa shape index (κ3) is 4.15. The Kier molecular flexibility index (Phi) is 6.24. The lowest BCUT2D eigenvalue weighted by Crippen LogP contribution is -2.27. The lowest BCUT2D eigenvalue weighted by molar-refractivity contribution is 0.138. The molecule has 24 heavy (non-hydrogen) atoms. The second-order valence-electron chi connectivity index (χ2n) is 6.33. The minimum Gasteiger partial charge on any atom is -0.493 e. The van der Waals surface area contributed by atoms with Gasteiger partial charge < -0.3 is 19.3 Å². The highest BCUT2D eigenvalue weighted by Gasteiger charge is 2.37. The number of thioether (sulfide) groups is 2. The molecule has 0 saturated carbocycles. The topological polar surface area (TPSA) is 47.9 Å². The van der Waals surface area contributed by atoms with Gasteiger partial charge in [0.05, 0.1) is 30.5 Å². The van der Waals surface area contributed by atoms with Gasteiger partial charge in [-0.05, 0) is 42.5 Å². The quantitative estimate of drug-likeness (QED) is 0.825. The molecular weight excluding hydrogens is 344 g/mol. The van der Waals surface area contributed by atoms with Crippen LogP contribution in [0.15, 0.2) is 18.2 Å². The summed E-state index contributed by atoms with van der Waals surface area (Å²) in [7, 11) is 1.67. The summed E-state index contributed by atoms with van der Waals surface area (Å²) >= 11 is 3.88. The van der Waals surface area contributed by atoms with Crippen molar-refractivity contribution < 1.29 is 19.3 Å². The fraction of sp³-hybridized carbons (Fsp3) is 0.667. The van der Waals surface area contributed by atoms with Crippen molar-refractivity contribution in [2.24, 2.45) is 0 Å². The first kappa shape index (κ1) is 18.2. The number of hydrogen-bond donors (Lipinski definition) is 1. The molecule has 0 bridgehead atoms. The van der Waals surface area contributed by atoms with Crippen LogP contribution < -0.4 is 9.47 Å². The maximum Gasteiger partial charge on any atom is 0.162 e. The summed E-state index contributed by atoms with van der Waals surface area (Å²) in [6, 6.07) is 6.20. The lowest BCUT2D eigenvalue weighted by Gasteiger charge is -2.38. The van der Waals surface area contributed by atoms with Crippen LogP contribution in [0.3, 0.4) is 0 Å². The first-order valence-corrected chi connectivity index (χ1v) is 10.5. The molecule has 0 radical (unpaired) electrons. The number of methoxy groups -OCH3 is 1. The van der Waals surface area contributed by atoms with Gasteiger partial charge in [0, 0.05) is 12.8 Å². The molecule has 1 unspecified atom stereocenters. The highest BCUT2D eigenvalue weighted by Crippen LogP contribution is 2.54. The Morgan fingerprint density at radius 1 is 1.33 bits per heavy atom. The predicted octanol–water partition coefficient (Wildman–Crippen LogP) is 3.66. The summed E-state index contributed by atoms with van der Waals surface area (Å²) in [6.07, 6.45) is 2.62. The van der Waals surface area contributed by atoms with Crippen molar-refractivity contribution in [1.29, 1.82) is 0 Å². The van der Waals surface area contributed by atoms with Gasteiger partial charge in [-0.1, -0.05) is 6.07 Å². The standard InChI is InChI=1S/C18H26O4S2/c1-13(19)11-18(23-8-3-9-24-18)14-4-5-16(20-2)17(10-14)22-15-6-7-21-12-15/h4-5,10,13,15,19H,3,6-9,11-12H2,1-2H3/t13?,15-/m1/s1. The molecule has 2 aliphatic heterocycles. The van der Waals surface area contributed by atoms with Gasteiger partial charge in [0.2, 0.25) is 0 Å². The second-order valence-corrected chi connectivity index (χ2v) is 9.37. The molecule has 2 aliphatic rings. The number of rotatable bonds is 6. The fourth-order valence-corrected chi connectivity index (χ4v) is 6.72. The molecule has 134 valence electrons. The van der Waals surface area contributed by atoms with Crippen molar-refractivity contribution in [3.05, 3.63) is 23.8 Å². The van der Waals surface area contributed by atoms with E-state index in [0.29, 0.717) is 6.61 Å². The molecule has 6 heteroatoms. The zero-order valence-corrected chi connectivity index (χ0v) is 16.0. The summed E-state index contributed by atoms with van der Waals surface area (Å²) in [4.78, 5) is 0. The molecule has 1 N–H and O–H groups in total. The van der Waals surface area contributed by atoms with Crippen molar-refractivity contribution in [3.63, 3.8) is 0 Å². The maximum atomic E-state index is 10.0. The first-order chi connectivity index (χ1) is 11.6. The van der Waals surface area contributed by atoms with Crippen LogP contribution in [0.4, 0.5) is 0 Å². The van der Waals surface area contributed by atoms with Gasteiger partial charge in [-0.2, -0.15) is 0 Å². The van der Waals surface area contributed by atoms with Gasteiger partial charge in [0.25, 0.3) is 0 Å². The van der Waals surface area contributed by atoms with E-state index in [0.717, 1.165) is 42.5 Å². The molecule has 2 fully saturated rings. The van der Waals surface area contributed by atoms with Crippen LogP contribution in [0.5, 0.6) is 11.5 Å². The summed E-state index contributed by atoms with van der Waals surface area (Å²) in [5.41, 5.74) is 1.20. The Balaban J connectivity index is 1.90. The largest absolute Gasteiger partial charge is 0.493 e. The van der Waals surface area contributed by atoms with Crippen molar-refractivity contribution in [2.45, 2.75) is 42.5 Å². The van der Waals surface area contributed by atoms with E-state index in [1.165, 1.54) is 12.0 Å². The van der Waals surface area contributed by atoms with Gasteiger partial charge in [0.1, 0.15) is 6.10 Å². The van der Waals surface area contributed by atoms with E-state index in [1.54, 1.807) is 7.11 Å². The Morgan fingerprint density at radius 3 is 2.75 bits per heavy atom. The van der Waals surface area contributed by atoms with E-state index in [9.17, 15) is 5.11 Å². The minimum absolute atomic E-state index is 0.0912. The second kappa shape index (κ2) is 8.21. The Hall–Kier alpha value is -0.560. The zero-order valence-electron chi connectivity index (χ0n) is 14.3. The van der Waals surface area contributed by atoms with E-state index in [1.807, 2.05) is 36.5 Å². The van der Waals surface area contributed by atoms with Crippen molar-refractivity contribution in [3.8, 4) is 11.5 Å². The molecule has 0 aliphatic carbocycles. The van der Waals surface area contributed by atoms with E-state index in [-0.39, 0.29) is 16.3 Å². The van der Waals surface area contributed by atoms with Crippen molar-refractivity contribution >= 4 is 23.5 Å². The molecule has 4 nitrogen and oxygen atoms in total. The van der Waals surface area contributed by atoms with E-state index >= 15 is 0 Å². The minimum atomic E-state index is -0.335. The average molecular weight is 371 g/mol. The van der Waals surface area contributed by atoms with Crippen molar-refractivity contribution in [1.82, 2.24) is 0 Å². The van der Waals surface area contributed by atoms with Crippen LogP contribution in [0, 0.1) is 0 Å². The van der Waals surface area contributed by atoms with E-state index < -0.39 is 0 Å². The van der Waals surface area contributed by atoms with Gasteiger partial charge >= 0.3 is 0 Å². The molecule has 2 saturated heterocycles. The first-order valence-electron chi connectivity index (χ1n) is 8.52. The summed E-state index contributed by atoms with van der Waals surface area (Å²) in [5.74, 6) is 3.78. The fourth-order valence-electron chi connectivity index (χ4n) is 3.16. The Labute approximate surface area is 152 Å². The molecule has 0 spiro atoms. The van der Waals surface area contributed by atoms with Crippen LogP contribution >= 0.6 is 23.5 Å². The zero-order chi connectivity index (χ0) is 17.0. The van der Waals surface area contributed by atoms with Gasteiger partial charge in [-0.3, -0.25) is 0 Å². The molecule has 2 atom stereocenters. The SMILES string of the molecule is COc1ccc(C2(CC(C)O)SCCCS2)cc1O[C@@H]1CCOC1. The highest BCUT2D eigenvalue weighted by atomic mass is 32.2. The van der Waals surface area contributed by atoms with Gasteiger partial charge in [-0.25, -0.2) is 0 Å². The van der Waals surface area contributed by atoms with Crippen molar-refractivity contribution in [2.75, 3.05) is 31.8 Å². The summed E-state index contributed by atoms with van der Waals surface area (Å²) in [6.45, 7) is 3.26. The van der Waals surface area contributed by atoms with Crippen LogP contribution in [-0.2, 0) is 8.82 Å². The summed E-state index contributed by atoms with van der Waals surface area (Å²) < 4.78 is 16.9. The third-order valence-electron chi connectivity index (χ3n) is 4.31. The average Bonchev–Trinajstić information content (AvgIpc) is 3.08. The van der Waals surface area contributed by atoms with Gasteiger partial charge in [-0.15, -0.1) is 23.5 Å². The van der Waals surface area contributed by atoms with Gasteiger partial charge in [0.15, 0.2) is 11.5 Å². The highest BCUT2D eigenvalue weighted by molar-refractivity contribution is 8.18. The van der Waals surface area contributed by atoms with Crippen LogP contribution in [0.25, 0.3) is 0 Å². The predicted molar refractivity (Wildman–Crippen MR) is 100 cm³/mol. The molecule has 0 aromatic heterocycles. The third-order valence-corrected chi connectivity index (χ3v) is 7.74. The normalized spacial score (nSPS) is 24.5. The van der Waals surface area contributed by atoms with Crippen LogP contribution in [0.1, 0.15) is 31.7 Å². The lowest BCUT2D eigenvalue weighted by atomic mass is 10.0. The number of benzene rings is 1. The molecule has 2 heterocycles. The molecule has 1 aromatic rings. The van der Waals surface area contributed by atoms with Crippen LogP contribution in [-0.4, -0.2) is 49.1 Å². The van der Waals surface area contributed by atoms with E-state index in [4.69, 9.17) is 14.2 Å². The molecule has 0 amide bonds. The Bertz CT molecular complexity index is 538. The molecule has 1 aromatic carbocycles. The number of aliphatic hydroxyl groups is 1. The maximum absolute atomic E-state index is 10.0. The number of hydrogen-bond acceptors (Lipinski definition) is 6. The summed E-state index contributed by atoms with van der Waals surface area (Å²) in [5, 5.41) is 10.0. The smallest absolute Gasteiger partial charge is 0.162 e. The number of ether oxygens (including phenoxy) is 3. The van der Waals surface area contributed by atoms with E-state index in [2.05, 4.69) is 12.1 Å². The Morgan fingerprint density at radius 2 is 2.12 bits per heavy atom. The monoisotopic (exact) mass is 370 g/mol. The molecular formula is C18H26O4S2. The number of aliphatic hydroxyl groups excluding tert-OH is 1.